The van der Waals surface area contributed by atoms with Gasteiger partial charge < -0.3 is 16.0 Å². The lowest BCUT2D eigenvalue weighted by Gasteiger charge is -2.17. The van der Waals surface area contributed by atoms with Crippen molar-refractivity contribution in [1.29, 1.82) is 0 Å². The second kappa shape index (κ2) is 7.44. The van der Waals surface area contributed by atoms with Crippen LogP contribution in [0.15, 0.2) is 18.2 Å². The van der Waals surface area contributed by atoms with Crippen molar-refractivity contribution in [2.75, 3.05) is 17.2 Å². The first-order valence-electron chi connectivity index (χ1n) is 8.01. The molecule has 1 aliphatic rings. The van der Waals surface area contributed by atoms with Crippen molar-refractivity contribution in [1.82, 2.24) is 5.32 Å². The van der Waals surface area contributed by atoms with Crippen LogP contribution in [0.3, 0.4) is 0 Å². The fourth-order valence-corrected chi connectivity index (χ4v) is 2.06. The highest BCUT2D eigenvalue weighted by atomic mass is 19.1. The average Bonchev–Trinajstić information content (AvgIpc) is 3.32. The van der Waals surface area contributed by atoms with E-state index in [2.05, 4.69) is 16.0 Å². The molecule has 0 saturated heterocycles. The standard InChI is InChI=1S/C17H24FN3O2/c1-10(2)9-19-16(22)11(3)20-13-6-7-14(18)15(8-13)21-17(23)12-4-5-12/h6-8,10-12,20H,4-5,9H2,1-3H3,(H,19,22)(H,21,23)/t11-/m0/s1. The van der Waals surface area contributed by atoms with Crippen LogP contribution in [0.1, 0.15) is 33.6 Å². The number of halogens is 1. The van der Waals surface area contributed by atoms with Gasteiger partial charge in [0, 0.05) is 18.2 Å². The van der Waals surface area contributed by atoms with E-state index < -0.39 is 11.9 Å². The van der Waals surface area contributed by atoms with Crippen molar-refractivity contribution in [3.8, 4) is 0 Å². The summed E-state index contributed by atoms with van der Waals surface area (Å²) in [5, 5.41) is 8.46. The summed E-state index contributed by atoms with van der Waals surface area (Å²) in [5.41, 5.74) is 0.728. The number of carbonyl (C=O) groups excluding carboxylic acids is 2. The van der Waals surface area contributed by atoms with E-state index in [1.54, 1.807) is 13.0 Å². The molecule has 1 fully saturated rings. The second-order valence-electron chi connectivity index (χ2n) is 6.46. The van der Waals surface area contributed by atoms with Crippen molar-refractivity contribution >= 4 is 23.2 Å². The lowest BCUT2D eigenvalue weighted by atomic mass is 10.2. The van der Waals surface area contributed by atoms with E-state index in [9.17, 15) is 14.0 Å². The Morgan fingerprint density at radius 1 is 1.26 bits per heavy atom. The second-order valence-corrected chi connectivity index (χ2v) is 6.46. The number of hydrogen-bond acceptors (Lipinski definition) is 3. The number of nitrogens with one attached hydrogen (secondary N) is 3. The van der Waals surface area contributed by atoms with E-state index in [1.807, 2.05) is 13.8 Å². The minimum Gasteiger partial charge on any atom is -0.374 e. The summed E-state index contributed by atoms with van der Waals surface area (Å²) in [7, 11) is 0. The number of rotatable bonds is 7. The van der Waals surface area contributed by atoms with Crippen LogP contribution in [0.2, 0.25) is 0 Å². The molecule has 3 N–H and O–H groups in total. The van der Waals surface area contributed by atoms with Crippen LogP contribution in [0.5, 0.6) is 0 Å². The van der Waals surface area contributed by atoms with Crippen molar-refractivity contribution in [2.24, 2.45) is 11.8 Å². The molecule has 0 heterocycles. The van der Waals surface area contributed by atoms with Gasteiger partial charge in [0.15, 0.2) is 0 Å². The van der Waals surface area contributed by atoms with Gasteiger partial charge in [-0.2, -0.15) is 0 Å². The summed E-state index contributed by atoms with van der Waals surface area (Å²) in [6, 6.07) is 3.89. The molecule has 0 unspecified atom stereocenters. The van der Waals surface area contributed by atoms with E-state index in [1.165, 1.54) is 12.1 Å². The molecule has 2 amide bonds. The molecule has 5 nitrogen and oxygen atoms in total. The predicted octanol–water partition coefficient (Wildman–Crippen LogP) is 2.75. The largest absolute Gasteiger partial charge is 0.374 e. The van der Waals surface area contributed by atoms with E-state index >= 15 is 0 Å². The van der Waals surface area contributed by atoms with Gasteiger partial charge in [0.25, 0.3) is 0 Å². The van der Waals surface area contributed by atoms with Crippen LogP contribution in [-0.2, 0) is 9.59 Å². The monoisotopic (exact) mass is 321 g/mol. The zero-order valence-electron chi connectivity index (χ0n) is 13.8. The molecule has 0 aliphatic heterocycles. The van der Waals surface area contributed by atoms with Crippen molar-refractivity contribution in [3.05, 3.63) is 24.0 Å². The van der Waals surface area contributed by atoms with Crippen LogP contribution in [0, 0.1) is 17.7 Å². The van der Waals surface area contributed by atoms with E-state index in [4.69, 9.17) is 0 Å². The number of anilines is 2. The molecular formula is C17H24FN3O2. The number of benzene rings is 1. The Labute approximate surface area is 136 Å². The van der Waals surface area contributed by atoms with Crippen LogP contribution in [0.4, 0.5) is 15.8 Å². The van der Waals surface area contributed by atoms with E-state index in [0.29, 0.717) is 18.2 Å². The summed E-state index contributed by atoms with van der Waals surface area (Å²) in [5.74, 6) is -0.371. The molecule has 1 aromatic rings. The molecule has 0 radical (unpaired) electrons. The first-order chi connectivity index (χ1) is 10.9. The SMILES string of the molecule is CC(C)CNC(=O)[C@H](C)Nc1ccc(F)c(NC(=O)C2CC2)c1. The fourth-order valence-electron chi connectivity index (χ4n) is 2.06. The van der Waals surface area contributed by atoms with Gasteiger partial charge in [-0.1, -0.05) is 13.8 Å². The molecule has 6 heteroatoms. The minimum atomic E-state index is -0.485. The van der Waals surface area contributed by atoms with Gasteiger partial charge >= 0.3 is 0 Å². The molecule has 1 saturated carbocycles. The summed E-state index contributed by atoms with van der Waals surface area (Å²) in [4.78, 5) is 23.7. The van der Waals surface area contributed by atoms with Crippen LogP contribution in [-0.4, -0.2) is 24.4 Å². The highest BCUT2D eigenvalue weighted by Gasteiger charge is 2.30. The maximum atomic E-state index is 13.8. The van der Waals surface area contributed by atoms with Crippen LogP contribution < -0.4 is 16.0 Å². The van der Waals surface area contributed by atoms with Crippen LogP contribution >= 0.6 is 0 Å². The van der Waals surface area contributed by atoms with Gasteiger partial charge in [0.1, 0.15) is 11.9 Å². The van der Waals surface area contributed by atoms with Gasteiger partial charge in [-0.15, -0.1) is 0 Å². The Bertz CT molecular complexity index is 585. The molecule has 1 aliphatic carbocycles. The summed E-state index contributed by atoms with van der Waals surface area (Å²) in [6.07, 6.45) is 1.72. The smallest absolute Gasteiger partial charge is 0.242 e. The maximum Gasteiger partial charge on any atom is 0.242 e. The molecule has 23 heavy (non-hydrogen) atoms. The number of carbonyl (C=O) groups is 2. The molecule has 1 atom stereocenters. The third-order valence-corrected chi connectivity index (χ3v) is 3.63. The third kappa shape index (κ3) is 5.23. The van der Waals surface area contributed by atoms with Crippen molar-refractivity contribution in [3.63, 3.8) is 0 Å². The normalized spacial score (nSPS) is 15.2. The Hall–Kier alpha value is -2.11. The molecular weight excluding hydrogens is 297 g/mol. The maximum absolute atomic E-state index is 13.8. The Kier molecular flexibility index (Phi) is 5.58. The number of hydrogen-bond donors (Lipinski definition) is 3. The molecule has 0 bridgehead atoms. The lowest BCUT2D eigenvalue weighted by Crippen LogP contribution is -2.39. The van der Waals surface area contributed by atoms with Gasteiger partial charge in [-0.25, -0.2) is 4.39 Å². The van der Waals surface area contributed by atoms with Gasteiger partial charge in [-0.05, 0) is 43.9 Å². The zero-order chi connectivity index (χ0) is 17.0. The molecule has 0 spiro atoms. The molecule has 2 rings (SSSR count). The van der Waals surface area contributed by atoms with Crippen molar-refractivity contribution in [2.45, 2.75) is 39.7 Å². The Balaban J connectivity index is 1.96. The van der Waals surface area contributed by atoms with E-state index in [-0.39, 0.29) is 23.4 Å². The molecule has 1 aromatic carbocycles. The summed E-state index contributed by atoms with van der Waals surface area (Å²) in [6.45, 7) is 6.39. The molecule has 0 aromatic heterocycles. The average molecular weight is 321 g/mol. The highest BCUT2D eigenvalue weighted by Crippen LogP contribution is 2.31. The minimum absolute atomic E-state index is 0.00625. The first kappa shape index (κ1) is 17.2. The predicted molar refractivity (Wildman–Crippen MR) is 88.7 cm³/mol. The molecule has 126 valence electrons. The highest BCUT2D eigenvalue weighted by molar-refractivity contribution is 5.94. The topological polar surface area (TPSA) is 70.2 Å². The van der Waals surface area contributed by atoms with Gasteiger partial charge in [0.05, 0.1) is 5.69 Å². The summed E-state index contributed by atoms with van der Waals surface area (Å²) >= 11 is 0. The first-order valence-corrected chi connectivity index (χ1v) is 8.01. The van der Waals surface area contributed by atoms with Crippen molar-refractivity contribution < 1.29 is 14.0 Å². The van der Waals surface area contributed by atoms with Gasteiger partial charge in [0.2, 0.25) is 11.8 Å². The van der Waals surface area contributed by atoms with E-state index in [0.717, 1.165) is 12.8 Å². The zero-order valence-corrected chi connectivity index (χ0v) is 13.8. The third-order valence-electron chi connectivity index (χ3n) is 3.63. The Morgan fingerprint density at radius 2 is 1.96 bits per heavy atom. The van der Waals surface area contributed by atoms with Gasteiger partial charge in [-0.3, -0.25) is 9.59 Å². The summed E-state index contributed by atoms with van der Waals surface area (Å²) < 4.78 is 13.8. The quantitative estimate of drug-likeness (QED) is 0.723. The lowest BCUT2D eigenvalue weighted by molar-refractivity contribution is -0.121. The Morgan fingerprint density at radius 3 is 2.57 bits per heavy atom. The van der Waals surface area contributed by atoms with Crippen LogP contribution in [0.25, 0.3) is 0 Å². The fraction of sp³-hybridized carbons (Fsp3) is 0.529. The number of amides is 2.